The normalized spacial score (nSPS) is 11.4. The summed E-state index contributed by atoms with van der Waals surface area (Å²) in [7, 11) is 1.65. The van der Waals surface area contributed by atoms with E-state index in [-0.39, 0.29) is 0 Å². The van der Waals surface area contributed by atoms with E-state index in [0.717, 1.165) is 45.0 Å². The van der Waals surface area contributed by atoms with Crippen LogP contribution in [0.4, 0.5) is 0 Å². The largest absolute Gasteiger partial charge is 0.497 e. The average molecular weight is 388 g/mol. The van der Waals surface area contributed by atoms with E-state index in [4.69, 9.17) is 14.1 Å². The second-order valence-electron chi connectivity index (χ2n) is 6.20. The Kier molecular flexibility index (Phi) is 4.02. The fraction of sp³-hybridized carbons (Fsp3) is 0.0952. The maximum atomic E-state index is 5.48. The van der Waals surface area contributed by atoms with Crippen LogP contribution < -0.4 is 4.74 Å². The van der Waals surface area contributed by atoms with Crippen LogP contribution in [0, 0.1) is 0 Å². The van der Waals surface area contributed by atoms with Crippen LogP contribution in [0.3, 0.4) is 0 Å². The summed E-state index contributed by atoms with van der Waals surface area (Å²) >= 11 is 1.51. The van der Waals surface area contributed by atoms with E-state index in [0.29, 0.717) is 5.16 Å². The molecule has 0 fully saturated rings. The summed E-state index contributed by atoms with van der Waals surface area (Å²) in [5.41, 5.74) is 3.62. The Bertz CT molecular complexity index is 1310. The Morgan fingerprint density at radius 1 is 1.04 bits per heavy atom. The molecule has 7 heteroatoms. The number of ether oxygens (including phenoxy) is 1. The quantitative estimate of drug-likeness (QED) is 0.320. The molecule has 0 unspecified atom stereocenters. The predicted octanol–water partition coefficient (Wildman–Crippen LogP) is 4.96. The van der Waals surface area contributed by atoms with Gasteiger partial charge in [-0.1, -0.05) is 11.8 Å². The summed E-state index contributed by atoms with van der Waals surface area (Å²) in [6.07, 6.45) is 5.42. The molecule has 0 bridgehead atoms. The number of rotatable bonds is 4. The van der Waals surface area contributed by atoms with Crippen molar-refractivity contribution in [2.45, 2.75) is 5.16 Å². The molecule has 5 aromatic rings. The lowest BCUT2D eigenvalue weighted by atomic mass is 10.1. The molecule has 0 radical (unpaired) electrons. The van der Waals surface area contributed by atoms with Crippen molar-refractivity contribution >= 4 is 33.8 Å². The molecule has 0 spiro atoms. The van der Waals surface area contributed by atoms with Crippen LogP contribution in [0.15, 0.2) is 70.6 Å². The van der Waals surface area contributed by atoms with Gasteiger partial charge in [-0.3, -0.25) is 4.57 Å². The molecule has 2 aromatic carbocycles. The first kappa shape index (κ1) is 16.8. The van der Waals surface area contributed by atoms with Crippen molar-refractivity contribution in [3.63, 3.8) is 0 Å². The number of imidazole rings is 1. The van der Waals surface area contributed by atoms with Crippen molar-refractivity contribution in [1.82, 2.24) is 19.5 Å². The number of nitrogens with zero attached hydrogens (tertiary/aromatic N) is 4. The summed E-state index contributed by atoms with van der Waals surface area (Å²) in [5, 5.41) is 1.74. The number of hydrogen-bond acceptors (Lipinski definition) is 6. The Hall–Kier alpha value is -3.32. The first-order valence-electron chi connectivity index (χ1n) is 8.68. The molecule has 0 saturated heterocycles. The van der Waals surface area contributed by atoms with Crippen molar-refractivity contribution in [3.05, 3.63) is 61.0 Å². The molecule has 0 saturated carbocycles. The molecule has 3 aromatic heterocycles. The number of furan rings is 1. The smallest absolute Gasteiger partial charge is 0.189 e. The molecule has 0 aliphatic heterocycles. The number of aromatic nitrogens is 4. The van der Waals surface area contributed by atoms with Crippen LogP contribution in [0.1, 0.15) is 0 Å². The van der Waals surface area contributed by atoms with E-state index in [2.05, 4.69) is 20.6 Å². The van der Waals surface area contributed by atoms with Gasteiger partial charge >= 0.3 is 0 Å². The predicted molar refractivity (Wildman–Crippen MR) is 110 cm³/mol. The lowest BCUT2D eigenvalue weighted by Crippen LogP contribution is -2.02. The van der Waals surface area contributed by atoms with Gasteiger partial charge in [-0.2, -0.15) is 0 Å². The zero-order valence-corrected chi connectivity index (χ0v) is 16.1. The minimum atomic E-state index is 0.712. The van der Waals surface area contributed by atoms with Gasteiger partial charge in [-0.05, 0) is 48.7 Å². The van der Waals surface area contributed by atoms with Crippen molar-refractivity contribution in [2.24, 2.45) is 0 Å². The minimum Gasteiger partial charge on any atom is -0.497 e. The van der Waals surface area contributed by atoms with Crippen molar-refractivity contribution in [1.29, 1.82) is 0 Å². The highest BCUT2D eigenvalue weighted by molar-refractivity contribution is 7.98. The molecular weight excluding hydrogens is 372 g/mol. The van der Waals surface area contributed by atoms with Gasteiger partial charge in [0.2, 0.25) is 0 Å². The van der Waals surface area contributed by atoms with Gasteiger partial charge in [0.05, 0.1) is 24.4 Å². The Balaban J connectivity index is 1.81. The Morgan fingerprint density at radius 3 is 2.82 bits per heavy atom. The third kappa shape index (κ3) is 2.71. The van der Waals surface area contributed by atoms with E-state index in [1.54, 1.807) is 19.6 Å². The highest BCUT2D eigenvalue weighted by atomic mass is 32.2. The van der Waals surface area contributed by atoms with Gasteiger partial charge in [-0.25, -0.2) is 15.0 Å². The van der Waals surface area contributed by atoms with Crippen LogP contribution in [-0.4, -0.2) is 32.9 Å². The van der Waals surface area contributed by atoms with Gasteiger partial charge in [0.1, 0.15) is 23.0 Å². The monoisotopic (exact) mass is 388 g/mol. The highest BCUT2D eigenvalue weighted by Gasteiger charge is 2.17. The lowest BCUT2D eigenvalue weighted by Gasteiger charge is -2.09. The summed E-state index contributed by atoms with van der Waals surface area (Å²) in [6.45, 7) is 0. The third-order valence-corrected chi connectivity index (χ3v) is 5.16. The van der Waals surface area contributed by atoms with Gasteiger partial charge in [0, 0.05) is 23.2 Å². The second kappa shape index (κ2) is 6.69. The SMILES string of the molecule is COc1ccc2c(c1)nc(-c1ccc3occc3c1)n2-c1ccnc(SC)n1. The minimum absolute atomic E-state index is 0.712. The summed E-state index contributed by atoms with van der Waals surface area (Å²) in [5.74, 6) is 2.34. The molecule has 0 aliphatic carbocycles. The number of benzene rings is 2. The first-order valence-corrected chi connectivity index (χ1v) is 9.91. The molecule has 0 amide bonds. The van der Waals surface area contributed by atoms with Crippen molar-refractivity contribution < 1.29 is 9.15 Å². The fourth-order valence-electron chi connectivity index (χ4n) is 3.27. The Labute approximate surface area is 165 Å². The van der Waals surface area contributed by atoms with E-state index in [9.17, 15) is 0 Å². The van der Waals surface area contributed by atoms with Crippen LogP contribution in [0.25, 0.3) is 39.2 Å². The van der Waals surface area contributed by atoms with Crippen LogP contribution in [0.5, 0.6) is 5.75 Å². The topological polar surface area (TPSA) is 66.0 Å². The van der Waals surface area contributed by atoms with Crippen molar-refractivity contribution in [3.8, 4) is 23.0 Å². The lowest BCUT2D eigenvalue weighted by molar-refractivity contribution is 0.415. The molecular formula is C21H16N4O2S. The van der Waals surface area contributed by atoms with E-state index < -0.39 is 0 Å². The van der Waals surface area contributed by atoms with Crippen molar-refractivity contribution in [2.75, 3.05) is 13.4 Å². The van der Waals surface area contributed by atoms with Crippen LogP contribution in [0.2, 0.25) is 0 Å². The molecule has 5 rings (SSSR count). The van der Waals surface area contributed by atoms with E-state index in [1.807, 2.05) is 48.7 Å². The maximum Gasteiger partial charge on any atom is 0.189 e. The molecule has 3 heterocycles. The van der Waals surface area contributed by atoms with E-state index >= 15 is 0 Å². The summed E-state index contributed by atoms with van der Waals surface area (Å²) < 4.78 is 12.9. The zero-order chi connectivity index (χ0) is 19.1. The first-order chi connectivity index (χ1) is 13.8. The molecule has 0 aliphatic rings. The van der Waals surface area contributed by atoms with Gasteiger partial charge in [0.15, 0.2) is 5.16 Å². The Morgan fingerprint density at radius 2 is 1.96 bits per heavy atom. The fourth-order valence-corrected chi connectivity index (χ4v) is 3.62. The standard InChI is InChI=1S/C21H16N4O2S/c1-26-15-4-5-17-16(12-15)23-20(14-3-6-18-13(11-14)8-10-27-18)25(17)19-7-9-22-21(24-19)28-2/h3-12H,1-2H3. The number of hydrogen-bond donors (Lipinski definition) is 0. The van der Waals surface area contributed by atoms with E-state index in [1.165, 1.54) is 11.8 Å². The van der Waals surface area contributed by atoms with Crippen LogP contribution in [-0.2, 0) is 0 Å². The summed E-state index contributed by atoms with van der Waals surface area (Å²) in [4.78, 5) is 13.9. The van der Waals surface area contributed by atoms with Gasteiger partial charge in [-0.15, -0.1) is 0 Å². The van der Waals surface area contributed by atoms with Gasteiger partial charge in [0.25, 0.3) is 0 Å². The van der Waals surface area contributed by atoms with Gasteiger partial charge < -0.3 is 9.15 Å². The number of methoxy groups -OCH3 is 1. The summed E-state index contributed by atoms with van der Waals surface area (Å²) in [6, 6.07) is 15.8. The molecule has 0 N–H and O–H groups in total. The molecule has 138 valence electrons. The second-order valence-corrected chi connectivity index (χ2v) is 6.97. The average Bonchev–Trinajstić information content (AvgIpc) is 3.36. The molecule has 28 heavy (non-hydrogen) atoms. The molecule has 6 nitrogen and oxygen atoms in total. The number of fused-ring (bicyclic) bond motifs is 2. The molecule has 0 atom stereocenters. The van der Waals surface area contributed by atoms with Crippen LogP contribution >= 0.6 is 11.8 Å². The maximum absolute atomic E-state index is 5.48. The third-order valence-electron chi connectivity index (χ3n) is 4.60. The zero-order valence-electron chi connectivity index (χ0n) is 15.3. The number of thioether (sulfide) groups is 1. The highest BCUT2D eigenvalue weighted by Crippen LogP contribution is 2.32.